The molecule has 1 aliphatic carbocycles. The van der Waals surface area contributed by atoms with Gasteiger partial charge in [-0.05, 0) is 0 Å². The highest BCUT2D eigenvalue weighted by Gasteiger charge is 2.58. The first kappa shape index (κ1) is 10.8. The molecular weight excluding hydrogens is 187 g/mol. The second-order valence-corrected chi connectivity index (χ2v) is 3.09. The Morgan fingerprint density at radius 1 is 0.769 bits per heavy atom. The normalized spacial score (nSPS) is 57.9. The molecule has 1 fully saturated rings. The average Bonchev–Trinajstić information content (AvgIpc) is 2.09. The van der Waals surface area contributed by atoms with Crippen molar-refractivity contribution in [2.45, 2.75) is 36.4 Å². The van der Waals surface area contributed by atoms with E-state index in [-0.39, 0.29) is 0 Å². The fourth-order valence-corrected chi connectivity index (χ4v) is 1.23. The molecule has 6 nitrogen and oxygen atoms in total. The van der Waals surface area contributed by atoms with Crippen molar-refractivity contribution in [1.82, 2.24) is 0 Å². The van der Waals surface area contributed by atoms with Gasteiger partial charge in [-0.3, -0.25) is 0 Å². The second-order valence-electron chi connectivity index (χ2n) is 3.09. The Labute approximate surface area is 72.5 Å². The number of rotatable bonds is 0. The Morgan fingerprint density at radius 3 is 1.38 bits per heavy atom. The molecule has 0 aliphatic heterocycles. The van der Waals surface area contributed by atoms with E-state index in [2.05, 4.69) is 0 Å². The van der Waals surface area contributed by atoms with Crippen molar-refractivity contribution in [1.29, 1.82) is 0 Å². The minimum atomic E-state index is -3.53. The third-order valence-electron chi connectivity index (χ3n) is 2.18. The summed E-state index contributed by atoms with van der Waals surface area (Å²) in [4.78, 5) is 0. The maximum absolute atomic E-state index is 13.0. The number of aliphatic hydroxyl groups is 6. The Hall–Kier alpha value is -0.310. The Bertz CT molecular complexity index is 180. The molecule has 4 unspecified atom stereocenters. The van der Waals surface area contributed by atoms with E-state index in [9.17, 15) is 4.39 Å². The lowest BCUT2D eigenvalue weighted by molar-refractivity contribution is -0.314. The molecule has 1 aliphatic rings. The summed E-state index contributed by atoms with van der Waals surface area (Å²) in [7, 11) is 0. The number of hydrogen-bond acceptors (Lipinski definition) is 6. The summed E-state index contributed by atoms with van der Waals surface area (Å²) in [5, 5.41) is 53.2. The summed E-state index contributed by atoms with van der Waals surface area (Å²) >= 11 is 0. The van der Waals surface area contributed by atoms with Gasteiger partial charge < -0.3 is 30.6 Å². The molecule has 78 valence electrons. The van der Waals surface area contributed by atoms with Gasteiger partial charge in [0.25, 0.3) is 5.85 Å². The van der Waals surface area contributed by atoms with E-state index in [1.807, 2.05) is 0 Å². The van der Waals surface area contributed by atoms with Gasteiger partial charge in [-0.1, -0.05) is 0 Å². The van der Waals surface area contributed by atoms with Gasteiger partial charge in [0.15, 0.2) is 0 Å². The zero-order chi connectivity index (χ0) is 10.4. The van der Waals surface area contributed by atoms with Crippen LogP contribution >= 0.6 is 0 Å². The monoisotopic (exact) mass is 198 g/mol. The van der Waals surface area contributed by atoms with Crippen LogP contribution in [0.2, 0.25) is 0 Å². The van der Waals surface area contributed by atoms with Crippen LogP contribution in [0.15, 0.2) is 0 Å². The Kier molecular flexibility index (Phi) is 2.59. The summed E-state index contributed by atoms with van der Waals surface area (Å²) in [6, 6.07) is 0. The van der Waals surface area contributed by atoms with Crippen molar-refractivity contribution in [3.8, 4) is 0 Å². The van der Waals surface area contributed by atoms with Crippen LogP contribution in [0.25, 0.3) is 0 Å². The van der Waals surface area contributed by atoms with Gasteiger partial charge in [0, 0.05) is 0 Å². The van der Waals surface area contributed by atoms with E-state index < -0.39 is 36.4 Å². The molecule has 0 amide bonds. The lowest BCUT2D eigenvalue weighted by atomic mass is 9.83. The van der Waals surface area contributed by atoms with E-state index in [4.69, 9.17) is 30.6 Å². The lowest BCUT2D eigenvalue weighted by Gasteiger charge is -2.42. The molecule has 6 atom stereocenters. The van der Waals surface area contributed by atoms with Gasteiger partial charge >= 0.3 is 0 Å². The van der Waals surface area contributed by atoms with Gasteiger partial charge in [0.2, 0.25) is 0 Å². The van der Waals surface area contributed by atoms with Crippen molar-refractivity contribution < 1.29 is 35.0 Å². The van der Waals surface area contributed by atoms with Crippen LogP contribution in [0.1, 0.15) is 0 Å². The fourth-order valence-electron chi connectivity index (χ4n) is 1.23. The molecule has 0 aromatic heterocycles. The summed E-state index contributed by atoms with van der Waals surface area (Å²) in [5.41, 5.74) is 0. The molecule has 6 N–H and O–H groups in total. The molecule has 13 heavy (non-hydrogen) atoms. The van der Waals surface area contributed by atoms with E-state index in [1.54, 1.807) is 0 Å². The van der Waals surface area contributed by atoms with Crippen molar-refractivity contribution in [2.24, 2.45) is 0 Å². The summed E-state index contributed by atoms with van der Waals surface area (Å²) in [6.45, 7) is 0. The zero-order valence-corrected chi connectivity index (χ0v) is 6.45. The minimum absolute atomic E-state index is 1.90. The molecule has 0 spiro atoms. The molecule has 1 rings (SSSR count). The third kappa shape index (κ3) is 1.43. The fraction of sp³-hybridized carbons (Fsp3) is 1.00. The molecule has 0 aromatic carbocycles. The predicted octanol–water partition coefficient (Wildman–Crippen LogP) is -3.54. The molecule has 0 bridgehead atoms. The molecule has 0 heterocycles. The number of halogens is 1. The zero-order valence-electron chi connectivity index (χ0n) is 6.45. The van der Waals surface area contributed by atoms with E-state index in [0.29, 0.717) is 0 Å². The molecule has 7 heteroatoms. The largest absolute Gasteiger partial charge is 0.387 e. The summed E-state index contributed by atoms with van der Waals surface area (Å²) in [5.74, 6) is -3.53. The van der Waals surface area contributed by atoms with Crippen LogP contribution in [-0.4, -0.2) is 67.0 Å². The van der Waals surface area contributed by atoms with E-state index >= 15 is 0 Å². The van der Waals surface area contributed by atoms with Gasteiger partial charge in [-0.2, -0.15) is 0 Å². The van der Waals surface area contributed by atoms with Crippen molar-refractivity contribution in [3.05, 3.63) is 0 Å². The van der Waals surface area contributed by atoms with Crippen molar-refractivity contribution in [2.75, 3.05) is 0 Å². The van der Waals surface area contributed by atoms with Gasteiger partial charge in [0.1, 0.15) is 30.5 Å². The quantitative estimate of drug-likeness (QED) is 0.240. The highest BCUT2D eigenvalue weighted by atomic mass is 19.2. The SMILES string of the molecule is OC1C(O)[C@H](O)[C@@H](O)C(O)(F)C1O. The maximum Gasteiger partial charge on any atom is 0.264 e. The first-order valence-electron chi connectivity index (χ1n) is 3.61. The van der Waals surface area contributed by atoms with Crippen LogP contribution in [-0.2, 0) is 0 Å². The topological polar surface area (TPSA) is 121 Å². The molecule has 0 saturated heterocycles. The highest BCUT2D eigenvalue weighted by Crippen LogP contribution is 2.31. The smallest absolute Gasteiger partial charge is 0.264 e. The second kappa shape index (κ2) is 3.12. The number of aliphatic hydroxyl groups excluding tert-OH is 5. The highest BCUT2D eigenvalue weighted by molar-refractivity contribution is 5.02. The van der Waals surface area contributed by atoms with Gasteiger partial charge in [-0.25, -0.2) is 4.39 Å². The van der Waals surface area contributed by atoms with Crippen molar-refractivity contribution >= 4 is 0 Å². The molecular formula is C6H11FO6. The molecule has 0 aromatic rings. The minimum Gasteiger partial charge on any atom is -0.387 e. The van der Waals surface area contributed by atoms with Crippen LogP contribution in [0.3, 0.4) is 0 Å². The first-order valence-corrected chi connectivity index (χ1v) is 3.61. The average molecular weight is 198 g/mol. The number of alkyl halides is 1. The van der Waals surface area contributed by atoms with Gasteiger partial charge in [0.05, 0.1) is 0 Å². The van der Waals surface area contributed by atoms with Crippen molar-refractivity contribution in [3.63, 3.8) is 0 Å². The summed E-state index contributed by atoms with van der Waals surface area (Å²) in [6.07, 6.45) is -10.7. The Morgan fingerprint density at radius 2 is 1.08 bits per heavy atom. The standard InChI is InChI=1S/C6H11FO6/c7-6(13)4(11)2(9)1(8)3(10)5(6)12/h1-5,8-13H/t1?,2-,3?,4+,5?,6?/m0/s1. The first-order chi connectivity index (χ1) is 5.80. The van der Waals surface area contributed by atoms with E-state index in [0.717, 1.165) is 0 Å². The summed E-state index contributed by atoms with van der Waals surface area (Å²) < 4.78 is 13.0. The molecule has 1 saturated carbocycles. The van der Waals surface area contributed by atoms with E-state index in [1.165, 1.54) is 0 Å². The maximum atomic E-state index is 13.0. The van der Waals surface area contributed by atoms with Crippen LogP contribution in [0.4, 0.5) is 4.39 Å². The van der Waals surface area contributed by atoms with Crippen LogP contribution in [0.5, 0.6) is 0 Å². The van der Waals surface area contributed by atoms with Gasteiger partial charge in [-0.15, -0.1) is 0 Å². The Balaban J connectivity index is 2.93. The van der Waals surface area contributed by atoms with Crippen LogP contribution in [0, 0.1) is 0 Å². The number of hydrogen-bond donors (Lipinski definition) is 6. The molecule has 0 radical (unpaired) electrons. The third-order valence-corrected chi connectivity index (χ3v) is 2.18. The van der Waals surface area contributed by atoms with Crippen LogP contribution < -0.4 is 0 Å². The lowest BCUT2D eigenvalue weighted by Crippen LogP contribution is -2.68. The predicted molar refractivity (Wildman–Crippen MR) is 36.1 cm³/mol.